The maximum Gasteiger partial charge on any atom is 0.185 e. The maximum absolute atomic E-state index is 10.7. The highest BCUT2D eigenvalue weighted by atomic mass is 16.7. The Hall–Kier alpha value is -1.70. The van der Waals surface area contributed by atoms with Crippen molar-refractivity contribution in [2.75, 3.05) is 31.7 Å². The smallest absolute Gasteiger partial charge is 0.185 e. The summed E-state index contributed by atoms with van der Waals surface area (Å²) >= 11 is 0. The standard InChI is InChI=1S/C18H26N4O3/c1-12-10-13-16(21-7-4-3-5-8-21)19-11-20-17(13)22(12)14-6-9-25-18(24-2)15(14)23/h10-11,14-15,18,23H,3-9H2,1-2H3/t14-,15-,18-/m0/s1. The first kappa shape index (κ1) is 16.8. The molecule has 3 atom stereocenters. The molecular formula is C18H26N4O3. The van der Waals surface area contributed by atoms with E-state index in [-0.39, 0.29) is 6.04 Å². The fourth-order valence-electron chi connectivity index (χ4n) is 4.17. The fraction of sp³-hybridized carbons (Fsp3) is 0.667. The highest BCUT2D eigenvalue weighted by Gasteiger charge is 2.35. The molecule has 0 amide bonds. The number of aliphatic hydroxyl groups is 1. The van der Waals surface area contributed by atoms with E-state index < -0.39 is 12.4 Å². The number of methoxy groups -OCH3 is 1. The highest BCUT2D eigenvalue weighted by molar-refractivity contribution is 5.89. The topological polar surface area (TPSA) is 72.6 Å². The molecule has 2 saturated heterocycles. The molecule has 7 heteroatoms. The lowest BCUT2D eigenvalue weighted by molar-refractivity contribution is -0.215. The Morgan fingerprint density at radius 3 is 2.80 bits per heavy atom. The van der Waals surface area contributed by atoms with Gasteiger partial charge in [0, 0.05) is 25.9 Å². The van der Waals surface area contributed by atoms with Crippen molar-refractivity contribution in [3.63, 3.8) is 0 Å². The van der Waals surface area contributed by atoms with Gasteiger partial charge in [-0.2, -0.15) is 0 Å². The Morgan fingerprint density at radius 1 is 1.24 bits per heavy atom. The van der Waals surface area contributed by atoms with Crippen LogP contribution in [0.5, 0.6) is 0 Å². The lowest BCUT2D eigenvalue weighted by atomic mass is 10.0. The van der Waals surface area contributed by atoms with Crippen molar-refractivity contribution < 1.29 is 14.6 Å². The minimum atomic E-state index is -0.721. The van der Waals surface area contributed by atoms with Gasteiger partial charge in [0.1, 0.15) is 23.9 Å². The lowest BCUT2D eigenvalue weighted by Gasteiger charge is -2.35. The molecule has 7 nitrogen and oxygen atoms in total. The van der Waals surface area contributed by atoms with Crippen LogP contribution < -0.4 is 4.90 Å². The molecular weight excluding hydrogens is 320 g/mol. The van der Waals surface area contributed by atoms with Crippen LogP contribution in [0, 0.1) is 6.92 Å². The van der Waals surface area contributed by atoms with Crippen molar-refractivity contribution in [1.29, 1.82) is 0 Å². The third kappa shape index (κ3) is 2.90. The van der Waals surface area contributed by atoms with Crippen molar-refractivity contribution in [2.24, 2.45) is 0 Å². The molecule has 0 spiro atoms. The number of fused-ring (bicyclic) bond motifs is 1. The van der Waals surface area contributed by atoms with E-state index in [2.05, 4.69) is 32.4 Å². The number of nitrogens with zero attached hydrogens (tertiary/aromatic N) is 4. The minimum Gasteiger partial charge on any atom is -0.386 e. The van der Waals surface area contributed by atoms with Crippen molar-refractivity contribution in [1.82, 2.24) is 14.5 Å². The molecule has 2 fully saturated rings. The highest BCUT2D eigenvalue weighted by Crippen LogP contribution is 2.34. The van der Waals surface area contributed by atoms with Crippen LogP contribution >= 0.6 is 0 Å². The number of hydrogen-bond acceptors (Lipinski definition) is 6. The second-order valence-corrected chi connectivity index (χ2v) is 6.96. The van der Waals surface area contributed by atoms with Crippen molar-refractivity contribution in [3.05, 3.63) is 18.1 Å². The number of ether oxygens (including phenoxy) is 2. The summed E-state index contributed by atoms with van der Waals surface area (Å²) in [6, 6.07) is 2.03. The molecule has 2 aromatic heterocycles. The molecule has 0 radical (unpaired) electrons. The van der Waals surface area contributed by atoms with Gasteiger partial charge in [0.25, 0.3) is 0 Å². The summed E-state index contributed by atoms with van der Waals surface area (Å²) in [5.74, 6) is 1.01. The van der Waals surface area contributed by atoms with Gasteiger partial charge in [0.05, 0.1) is 18.0 Å². The molecule has 0 aliphatic carbocycles. The van der Waals surface area contributed by atoms with Gasteiger partial charge in [0.15, 0.2) is 6.29 Å². The predicted molar refractivity (Wildman–Crippen MR) is 94.7 cm³/mol. The normalized spacial score (nSPS) is 27.8. The minimum absolute atomic E-state index is 0.111. The third-order valence-electron chi connectivity index (χ3n) is 5.39. The molecule has 2 aliphatic rings. The van der Waals surface area contributed by atoms with Gasteiger partial charge < -0.3 is 24.0 Å². The van der Waals surface area contributed by atoms with E-state index in [0.29, 0.717) is 6.61 Å². The van der Waals surface area contributed by atoms with Gasteiger partial charge in [-0.15, -0.1) is 0 Å². The van der Waals surface area contributed by atoms with Gasteiger partial charge in [0.2, 0.25) is 0 Å². The van der Waals surface area contributed by atoms with Crippen LogP contribution in [0.15, 0.2) is 12.4 Å². The van der Waals surface area contributed by atoms with E-state index >= 15 is 0 Å². The number of rotatable bonds is 3. The van der Waals surface area contributed by atoms with Gasteiger partial charge >= 0.3 is 0 Å². The van der Waals surface area contributed by atoms with Crippen LogP contribution in [0.25, 0.3) is 11.0 Å². The fourth-order valence-corrected chi connectivity index (χ4v) is 4.17. The van der Waals surface area contributed by atoms with Crippen LogP contribution in [0.3, 0.4) is 0 Å². The van der Waals surface area contributed by atoms with Crippen LogP contribution in [0.4, 0.5) is 5.82 Å². The first-order valence-corrected chi connectivity index (χ1v) is 9.10. The summed E-state index contributed by atoms with van der Waals surface area (Å²) < 4.78 is 12.9. The first-order valence-electron chi connectivity index (χ1n) is 9.10. The second kappa shape index (κ2) is 6.90. The molecule has 0 bridgehead atoms. The van der Waals surface area contributed by atoms with E-state index in [9.17, 15) is 5.11 Å². The molecule has 25 heavy (non-hydrogen) atoms. The van der Waals surface area contributed by atoms with Crippen molar-refractivity contribution in [2.45, 2.75) is 51.0 Å². The van der Waals surface area contributed by atoms with Gasteiger partial charge in [-0.1, -0.05) is 0 Å². The Balaban J connectivity index is 1.76. The SMILES string of the molecule is CO[C@H]1OCC[C@H](n2c(C)cc3c(N4CCCCC4)ncnc32)[C@@H]1O. The summed E-state index contributed by atoms with van der Waals surface area (Å²) in [5.41, 5.74) is 1.96. The molecule has 2 aliphatic heterocycles. The molecule has 0 unspecified atom stereocenters. The zero-order valence-electron chi connectivity index (χ0n) is 14.9. The van der Waals surface area contributed by atoms with Gasteiger partial charge in [-0.25, -0.2) is 9.97 Å². The van der Waals surface area contributed by atoms with Crippen molar-refractivity contribution in [3.8, 4) is 0 Å². The number of aromatic nitrogens is 3. The molecule has 4 rings (SSSR count). The second-order valence-electron chi connectivity index (χ2n) is 6.96. The maximum atomic E-state index is 10.7. The summed E-state index contributed by atoms with van der Waals surface area (Å²) in [7, 11) is 1.56. The zero-order valence-corrected chi connectivity index (χ0v) is 14.9. The number of aliphatic hydroxyl groups excluding tert-OH is 1. The Morgan fingerprint density at radius 2 is 2.04 bits per heavy atom. The summed E-state index contributed by atoms with van der Waals surface area (Å²) in [5, 5.41) is 11.7. The summed E-state index contributed by atoms with van der Waals surface area (Å²) in [4.78, 5) is 11.5. The Labute approximate surface area is 147 Å². The van der Waals surface area contributed by atoms with E-state index in [1.165, 1.54) is 19.3 Å². The van der Waals surface area contributed by atoms with Gasteiger partial charge in [-0.05, 0) is 38.7 Å². The van der Waals surface area contributed by atoms with Gasteiger partial charge in [-0.3, -0.25) is 0 Å². The predicted octanol–water partition coefficient (Wildman–Crippen LogP) is 2.02. The van der Waals surface area contributed by atoms with Crippen LogP contribution in [0.2, 0.25) is 0 Å². The first-order chi connectivity index (χ1) is 12.2. The molecule has 2 aromatic rings. The number of hydrogen-bond donors (Lipinski definition) is 1. The van der Waals surface area contributed by atoms with E-state index in [0.717, 1.165) is 42.1 Å². The molecule has 136 valence electrons. The molecule has 4 heterocycles. The van der Waals surface area contributed by atoms with Crippen LogP contribution in [0.1, 0.15) is 37.4 Å². The Kier molecular flexibility index (Phi) is 4.62. The van der Waals surface area contributed by atoms with Crippen molar-refractivity contribution >= 4 is 16.9 Å². The van der Waals surface area contributed by atoms with E-state index in [1.54, 1.807) is 13.4 Å². The van der Waals surface area contributed by atoms with E-state index in [1.807, 2.05) is 0 Å². The molecule has 0 saturated carbocycles. The molecule has 0 aromatic carbocycles. The number of anilines is 1. The lowest BCUT2D eigenvalue weighted by Crippen LogP contribution is -2.43. The van der Waals surface area contributed by atoms with E-state index in [4.69, 9.17) is 9.47 Å². The van der Waals surface area contributed by atoms with Crippen LogP contribution in [-0.2, 0) is 9.47 Å². The Bertz CT molecular complexity index is 741. The average molecular weight is 346 g/mol. The third-order valence-corrected chi connectivity index (χ3v) is 5.39. The summed E-state index contributed by atoms with van der Waals surface area (Å²) in [6.07, 6.45) is 4.76. The molecule has 1 N–H and O–H groups in total. The number of piperidine rings is 1. The monoisotopic (exact) mass is 346 g/mol. The average Bonchev–Trinajstić information content (AvgIpc) is 2.98. The quantitative estimate of drug-likeness (QED) is 0.917. The number of aryl methyl sites for hydroxylation is 1. The zero-order chi connectivity index (χ0) is 17.4. The van der Waals surface area contributed by atoms with Crippen LogP contribution in [-0.4, -0.2) is 58.8 Å². The largest absolute Gasteiger partial charge is 0.386 e. The summed E-state index contributed by atoms with van der Waals surface area (Å²) in [6.45, 7) is 4.71.